The Bertz CT molecular complexity index is 880. The van der Waals surface area contributed by atoms with E-state index in [2.05, 4.69) is 14.7 Å². The molecule has 0 aliphatic heterocycles. The average molecular weight is 356 g/mol. The van der Waals surface area contributed by atoms with E-state index < -0.39 is 27.2 Å². The van der Waals surface area contributed by atoms with Crippen LogP contribution in [0.2, 0.25) is 0 Å². The first-order chi connectivity index (χ1) is 10.8. The van der Waals surface area contributed by atoms with Gasteiger partial charge in [-0.15, -0.1) is 0 Å². The summed E-state index contributed by atoms with van der Waals surface area (Å²) in [5, 5.41) is 8.57. The minimum atomic E-state index is -3.99. The maximum atomic E-state index is 12.2. The zero-order chi connectivity index (χ0) is 17.0. The summed E-state index contributed by atoms with van der Waals surface area (Å²) in [6, 6.07) is 7.43. The predicted octanol–water partition coefficient (Wildman–Crippen LogP) is 0.330. The van der Waals surface area contributed by atoms with Crippen LogP contribution in [0.3, 0.4) is 0 Å². The fraction of sp³-hybridized carbons (Fsp3) is 0.0833. The average Bonchev–Trinajstić information content (AvgIpc) is 2.50. The lowest BCUT2D eigenvalue weighted by Gasteiger charge is -2.09. The summed E-state index contributed by atoms with van der Waals surface area (Å²) in [6.45, 7) is 0. The van der Waals surface area contributed by atoms with Crippen molar-refractivity contribution in [1.29, 1.82) is 0 Å². The molecule has 0 bridgehead atoms. The highest BCUT2D eigenvalue weighted by atomic mass is 32.2. The molecule has 9 nitrogen and oxygen atoms in total. The number of carboxylic acid groups (broad SMARTS) is 1. The number of nitrogens with one attached hydrogen (secondary N) is 2. The van der Waals surface area contributed by atoms with Crippen molar-refractivity contribution in [3.05, 3.63) is 40.7 Å². The number of rotatable bonds is 6. The lowest BCUT2D eigenvalue weighted by molar-refractivity contribution is -0.133. The monoisotopic (exact) mass is 356 g/mol. The van der Waals surface area contributed by atoms with Crippen LogP contribution in [0.25, 0.3) is 0 Å². The van der Waals surface area contributed by atoms with Crippen LogP contribution in [0.1, 0.15) is 0 Å². The van der Waals surface area contributed by atoms with E-state index in [0.29, 0.717) is 0 Å². The van der Waals surface area contributed by atoms with Gasteiger partial charge in [0.25, 0.3) is 15.6 Å². The number of hydrogen-bond acceptors (Lipinski definition) is 7. The molecule has 2 aromatic rings. The molecule has 11 heteroatoms. The molecule has 5 N–H and O–H groups in total. The number of H-pyrrole nitrogens is 1. The first-order valence-electron chi connectivity index (χ1n) is 6.12. The molecule has 0 aliphatic carbocycles. The lowest BCUT2D eigenvalue weighted by atomic mass is 10.4. The number of aromatic amines is 1. The normalized spacial score (nSPS) is 11.1. The number of benzene rings is 1. The molecule has 0 amide bonds. The van der Waals surface area contributed by atoms with E-state index in [-0.39, 0.29) is 21.6 Å². The molecular formula is C12H12N4O5S2. The van der Waals surface area contributed by atoms with Crippen LogP contribution >= 0.6 is 11.8 Å². The summed E-state index contributed by atoms with van der Waals surface area (Å²) in [6.07, 6.45) is 0. The maximum absolute atomic E-state index is 12.2. The van der Waals surface area contributed by atoms with Gasteiger partial charge in [-0.3, -0.25) is 19.3 Å². The molecule has 0 aliphatic rings. The second-order valence-corrected chi connectivity index (χ2v) is 6.88. The molecule has 2 rings (SSSR count). The van der Waals surface area contributed by atoms with Crippen molar-refractivity contribution in [2.75, 3.05) is 16.2 Å². The summed E-state index contributed by atoms with van der Waals surface area (Å²) in [5.74, 6) is -1.76. The van der Waals surface area contributed by atoms with Crippen LogP contribution in [-0.2, 0) is 14.8 Å². The Hall–Kier alpha value is -2.53. The summed E-state index contributed by atoms with van der Waals surface area (Å²) in [4.78, 5) is 28.5. The highest BCUT2D eigenvalue weighted by Crippen LogP contribution is 2.19. The van der Waals surface area contributed by atoms with Gasteiger partial charge in [-0.05, 0) is 12.1 Å². The number of nitrogen functional groups attached to an aromatic ring is 1. The number of sulfonamides is 1. The molecule has 0 saturated heterocycles. The van der Waals surface area contributed by atoms with Gasteiger partial charge in [-0.25, -0.2) is 13.4 Å². The van der Waals surface area contributed by atoms with Gasteiger partial charge in [0.15, 0.2) is 16.7 Å². The minimum Gasteiger partial charge on any atom is -0.481 e. The molecule has 1 aromatic carbocycles. The van der Waals surface area contributed by atoms with Crippen molar-refractivity contribution in [2.45, 2.75) is 10.1 Å². The van der Waals surface area contributed by atoms with Gasteiger partial charge in [-0.1, -0.05) is 30.0 Å². The van der Waals surface area contributed by atoms with Crippen molar-refractivity contribution < 1.29 is 18.3 Å². The predicted molar refractivity (Wildman–Crippen MR) is 84.9 cm³/mol. The van der Waals surface area contributed by atoms with Gasteiger partial charge in [0.1, 0.15) is 0 Å². The van der Waals surface area contributed by atoms with Crippen LogP contribution in [0.15, 0.2) is 45.2 Å². The Morgan fingerprint density at radius 1 is 1.35 bits per heavy atom. The smallest absolute Gasteiger partial charge is 0.313 e. The fourth-order valence-corrected chi connectivity index (χ4v) is 3.25. The Morgan fingerprint density at radius 2 is 2.00 bits per heavy atom. The van der Waals surface area contributed by atoms with Gasteiger partial charge in [0.05, 0.1) is 10.6 Å². The number of nitrogens with zero attached hydrogens (tertiary/aromatic N) is 1. The van der Waals surface area contributed by atoms with Crippen LogP contribution in [-0.4, -0.2) is 35.2 Å². The van der Waals surface area contributed by atoms with Crippen molar-refractivity contribution in [1.82, 2.24) is 9.97 Å². The third-order valence-electron chi connectivity index (χ3n) is 2.55. The Kier molecular flexibility index (Phi) is 4.91. The van der Waals surface area contributed by atoms with Gasteiger partial charge in [-0.2, -0.15) is 0 Å². The van der Waals surface area contributed by atoms with E-state index in [1.807, 2.05) is 0 Å². The van der Waals surface area contributed by atoms with Gasteiger partial charge in [0.2, 0.25) is 0 Å². The van der Waals surface area contributed by atoms with E-state index in [1.54, 1.807) is 6.07 Å². The van der Waals surface area contributed by atoms with Crippen LogP contribution in [0.4, 0.5) is 11.5 Å². The van der Waals surface area contributed by atoms with Crippen LogP contribution in [0, 0.1) is 0 Å². The second kappa shape index (κ2) is 6.71. The number of anilines is 2. The first kappa shape index (κ1) is 16.8. The SMILES string of the molecule is Nc1nc(SCC(=O)O)[nH]c(=O)c1NS(=O)(=O)c1ccccc1. The van der Waals surface area contributed by atoms with Crippen LogP contribution < -0.4 is 16.0 Å². The van der Waals surface area contributed by atoms with Gasteiger partial charge < -0.3 is 10.8 Å². The minimum absolute atomic E-state index is 0.0161. The lowest BCUT2D eigenvalue weighted by Crippen LogP contribution is -2.23. The first-order valence-corrected chi connectivity index (χ1v) is 8.59. The van der Waals surface area contributed by atoms with E-state index in [9.17, 15) is 18.0 Å². The van der Waals surface area contributed by atoms with Crippen LogP contribution in [0.5, 0.6) is 0 Å². The molecule has 0 spiro atoms. The standard InChI is InChI=1S/C12H12N4O5S2/c13-10-9(11(19)15-12(14-10)22-6-8(17)18)16-23(20,21)7-4-2-1-3-5-7/h1-5,16H,6H2,(H,17,18)(H3,13,14,15,19). The van der Waals surface area contributed by atoms with Gasteiger partial charge in [0, 0.05) is 0 Å². The number of aliphatic carboxylic acids is 1. The van der Waals surface area contributed by atoms with Gasteiger partial charge >= 0.3 is 5.97 Å². The Labute approximate surface area is 135 Å². The molecule has 0 unspecified atom stereocenters. The number of nitrogens with two attached hydrogens (primary N) is 1. The topological polar surface area (TPSA) is 155 Å². The molecule has 23 heavy (non-hydrogen) atoms. The van der Waals surface area contributed by atoms with Crippen molar-refractivity contribution >= 4 is 39.3 Å². The molecule has 0 radical (unpaired) electrons. The highest BCUT2D eigenvalue weighted by Gasteiger charge is 2.19. The second-order valence-electron chi connectivity index (χ2n) is 4.23. The number of hydrogen-bond donors (Lipinski definition) is 4. The number of aromatic nitrogens is 2. The Morgan fingerprint density at radius 3 is 2.57 bits per heavy atom. The largest absolute Gasteiger partial charge is 0.481 e. The molecule has 122 valence electrons. The molecule has 0 saturated carbocycles. The highest BCUT2D eigenvalue weighted by molar-refractivity contribution is 7.99. The van der Waals surface area contributed by atoms with Crippen molar-refractivity contribution in [3.63, 3.8) is 0 Å². The van der Waals surface area contributed by atoms with E-state index in [1.165, 1.54) is 24.3 Å². The van der Waals surface area contributed by atoms with E-state index in [0.717, 1.165) is 11.8 Å². The molecule has 0 fully saturated rings. The number of carboxylic acids is 1. The number of thioether (sulfide) groups is 1. The number of carbonyl (C=O) groups is 1. The zero-order valence-electron chi connectivity index (χ0n) is 11.5. The maximum Gasteiger partial charge on any atom is 0.313 e. The molecule has 0 atom stereocenters. The molecular weight excluding hydrogens is 344 g/mol. The molecule has 1 heterocycles. The van der Waals surface area contributed by atoms with E-state index >= 15 is 0 Å². The fourth-order valence-electron chi connectivity index (χ4n) is 1.56. The summed E-state index contributed by atoms with van der Waals surface area (Å²) in [5.41, 5.74) is 4.36. The molecule has 1 aromatic heterocycles. The third-order valence-corrected chi connectivity index (χ3v) is 4.77. The summed E-state index contributed by atoms with van der Waals surface area (Å²) in [7, 11) is -3.99. The third kappa shape index (κ3) is 4.23. The summed E-state index contributed by atoms with van der Waals surface area (Å²) < 4.78 is 26.4. The quantitative estimate of drug-likeness (QED) is 0.426. The van der Waals surface area contributed by atoms with Crippen molar-refractivity contribution in [2.24, 2.45) is 0 Å². The Balaban J connectivity index is 2.31. The zero-order valence-corrected chi connectivity index (χ0v) is 13.1. The van der Waals surface area contributed by atoms with Crippen molar-refractivity contribution in [3.8, 4) is 0 Å². The van der Waals surface area contributed by atoms with E-state index in [4.69, 9.17) is 10.8 Å². The summed E-state index contributed by atoms with van der Waals surface area (Å²) >= 11 is 0.756.